The Bertz CT molecular complexity index is 2150. The third-order valence-corrected chi connectivity index (χ3v) is 4.04. The summed E-state index contributed by atoms with van der Waals surface area (Å²) in [6, 6.07) is -14.7. The molecule has 0 radical (unpaired) electrons. The van der Waals surface area contributed by atoms with Gasteiger partial charge in [-0.1, -0.05) is 115 Å². The van der Waals surface area contributed by atoms with Crippen molar-refractivity contribution in [3.63, 3.8) is 0 Å². The van der Waals surface area contributed by atoms with Crippen molar-refractivity contribution in [3.05, 3.63) is 121 Å². The van der Waals surface area contributed by atoms with E-state index in [0.717, 1.165) is 6.07 Å². The van der Waals surface area contributed by atoms with Gasteiger partial charge >= 0.3 is 0 Å². The lowest BCUT2D eigenvalue weighted by atomic mass is 9.84. The summed E-state index contributed by atoms with van der Waals surface area (Å²) >= 11 is 0. The average Bonchev–Trinajstić information content (AvgIpc) is 3.05. The van der Waals surface area contributed by atoms with Crippen LogP contribution in [0, 0.1) is 0 Å². The largest absolute Gasteiger partial charge is 0.0629 e. The van der Waals surface area contributed by atoms with E-state index in [1.54, 1.807) is 0 Å². The van der Waals surface area contributed by atoms with Gasteiger partial charge in [0.25, 0.3) is 0 Å². The third-order valence-electron chi connectivity index (χ3n) is 4.04. The number of fused-ring (bicyclic) bond motifs is 1. The van der Waals surface area contributed by atoms with Gasteiger partial charge in [0.15, 0.2) is 0 Å². The quantitative estimate of drug-likeness (QED) is 0.301. The predicted molar refractivity (Wildman–Crippen MR) is 120 cm³/mol. The molecule has 0 N–H and O–H groups in total. The van der Waals surface area contributed by atoms with E-state index in [1.165, 1.54) is 0 Å². The van der Waals surface area contributed by atoms with Crippen molar-refractivity contribution in [2.45, 2.75) is 0 Å². The Balaban J connectivity index is 2.32. The zero-order valence-electron chi connectivity index (χ0n) is 33.1. The zero-order chi connectivity index (χ0) is 35.3. The van der Waals surface area contributed by atoms with Crippen LogP contribution in [-0.2, 0) is 0 Å². The smallest absolute Gasteiger partial charge is 0.0622 e. The van der Waals surface area contributed by atoms with Crippen LogP contribution < -0.4 is 0 Å². The summed E-state index contributed by atoms with van der Waals surface area (Å²) in [5.74, 6) is 0. The highest BCUT2D eigenvalue weighted by Crippen LogP contribution is 2.44. The van der Waals surface area contributed by atoms with Crippen molar-refractivity contribution in [2.24, 2.45) is 0 Å². The minimum Gasteiger partial charge on any atom is -0.0622 e. The van der Waals surface area contributed by atoms with Crippen molar-refractivity contribution in [2.75, 3.05) is 0 Å². The van der Waals surface area contributed by atoms with Gasteiger partial charge in [0, 0.05) is 0 Å². The van der Waals surface area contributed by atoms with Gasteiger partial charge in [0.2, 0.25) is 0 Å². The molecule has 0 spiro atoms. The van der Waals surface area contributed by atoms with E-state index in [9.17, 15) is 0 Å². The maximum Gasteiger partial charge on any atom is 0.0629 e. The molecule has 0 nitrogen and oxygen atoms in total. The SMILES string of the molecule is [2H]c1c([2H])c([2H])c(-c2cc3c([2H])c([2H])c([2H])c([2H])c3c(-c3c([2H])c([2H])c([2H])c([2H])c3[2H])c2-c2c([2H])c([2H])c([2H])c([2H])c2[2H])c([2H])c1[2H]. The molecule has 0 fully saturated rings. The Morgan fingerprint density at radius 2 is 0.893 bits per heavy atom. The number of benzene rings is 5. The molecule has 5 rings (SSSR count). The van der Waals surface area contributed by atoms with Gasteiger partial charge in [-0.15, -0.1) is 0 Å². The Hall–Kier alpha value is -3.64. The van der Waals surface area contributed by atoms with Crippen molar-refractivity contribution in [1.82, 2.24) is 0 Å². The fourth-order valence-electron chi connectivity index (χ4n) is 2.95. The minimum absolute atomic E-state index is 0.365. The lowest BCUT2D eigenvalue weighted by Gasteiger charge is -2.19. The van der Waals surface area contributed by atoms with Crippen molar-refractivity contribution in [3.8, 4) is 33.4 Å². The lowest BCUT2D eigenvalue weighted by molar-refractivity contribution is 1.58. The monoisotopic (exact) mass is 375 g/mol. The van der Waals surface area contributed by atoms with E-state index >= 15 is 0 Å². The standard InChI is InChI=1S/C28H20/c1-4-12-21(13-5-1)26-20-24-18-10-11-19-25(24)27(22-14-6-2-7-15-22)28(26)23-16-8-3-9-17-23/h1-20H/i1D,2D,3D,4D,5D,6D,7D,8D,9D,10D,11D,12D,13D,14D,15D,16D,17D,18D,19D. The van der Waals surface area contributed by atoms with E-state index in [4.69, 9.17) is 26.0 Å². The molecular weight excluding hydrogens is 336 g/mol. The maximum atomic E-state index is 8.85. The Morgan fingerprint density at radius 1 is 0.429 bits per heavy atom. The summed E-state index contributed by atoms with van der Waals surface area (Å²) in [4.78, 5) is 0. The topological polar surface area (TPSA) is 0 Å². The average molecular weight is 376 g/mol. The first-order chi connectivity index (χ1) is 21.8. The molecular formula is C28H20. The van der Waals surface area contributed by atoms with Crippen LogP contribution in [0.2, 0.25) is 0 Å². The van der Waals surface area contributed by atoms with Gasteiger partial charge in [0.1, 0.15) is 0 Å². The molecule has 0 saturated heterocycles. The highest BCUT2D eigenvalue weighted by Gasteiger charge is 2.17. The predicted octanol–water partition coefficient (Wildman–Crippen LogP) is 7.84. The van der Waals surface area contributed by atoms with Crippen LogP contribution in [-0.4, -0.2) is 0 Å². The lowest BCUT2D eigenvalue weighted by Crippen LogP contribution is -1.92. The first kappa shape index (κ1) is 5.93. The van der Waals surface area contributed by atoms with E-state index < -0.39 is 154 Å². The molecule has 0 amide bonds. The maximum absolute atomic E-state index is 8.85. The molecule has 0 aliphatic heterocycles. The first-order valence-electron chi connectivity index (χ1n) is 17.6. The molecule has 0 aliphatic rings. The van der Waals surface area contributed by atoms with Gasteiger partial charge in [0.05, 0.1) is 26.0 Å². The first-order valence-corrected chi connectivity index (χ1v) is 8.08. The van der Waals surface area contributed by atoms with Crippen molar-refractivity contribution < 1.29 is 26.0 Å². The fraction of sp³-hybridized carbons (Fsp3) is 0. The molecule has 0 atom stereocenters. The zero-order valence-corrected chi connectivity index (χ0v) is 14.1. The number of hydrogen-bond donors (Lipinski definition) is 0. The van der Waals surface area contributed by atoms with Crippen LogP contribution in [0.25, 0.3) is 44.2 Å². The Labute approximate surface area is 192 Å². The molecule has 0 saturated carbocycles. The molecule has 132 valence electrons. The summed E-state index contributed by atoms with van der Waals surface area (Å²) in [7, 11) is 0. The van der Waals surface area contributed by atoms with Crippen molar-refractivity contribution in [1.29, 1.82) is 0 Å². The highest BCUT2D eigenvalue weighted by molar-refractivity contribution is 6.09. The van der Waals surface area contributed by atoms with Crippen LogP contribution in [0.15, 0.2) is 121 Å². The van der Waals surface area contributed by atoms with Crippen LogP contribution in [0.1, 0.15) is 26.0 Å². The third kappa shape index (κ3) is 2.90. The summed E-state index contributed by atoms with van der Waals surface area (Å²) < 4.78 is 161. The van der Waals surface area contributed by atoms with Gasteiger partial charge in [-0.2, -0.15) is 0 Å². The number of hydrogen-bond acceptors (Lipinski definition) is 0. The summed E-state index contributed by atoms with van der Waals surface area (Å²) in [6.45, 7) is 0. The molecule has 0 heterocycles. The molecule has 0 aromatic heterocycles. The molecule has 0 bridgehead atoms. The normalized spacial score (nSPS) is 20.4. The van der Waals surface area contributed by atoms with Gasteiger partial charge < -0.3 is 0 Å². The van der Waals surface area contributed by atoms with E-state index in [2.05, 4.69) is 0 Å². The van der Waals surface area contributed by atoms with Crippen LogP contribution >= 0.6 is 0 Å². The second kappa shape index (κ2) is 7.17. The summed E-state index contributed by atoms with van der Waals surface area (Å²) in [6.07, 6.45) is 0. The van der Waals surface area contributed by atoms with Crippen molar-refractivity contribution >= 4 is 10.8 Å². The van der Waals surface area contributed by atoms with Gasteiger partial charge in [-0.25, -0.2) is 0 Å². The molecule has 5 aromatic rings. The molecule has 0 heteroatoms. The molecule has 5 aromatic carbocycles. The summed E-state index contributed by atoms with van der Waals surface area (Å²) in [5, 5.41) is -0.830. The molecule has 28 heavy (non-hydrogen) atoms. The Kier molecular flexibility index (Phi) is 1.52. The fourth-order valence-corrected chi connectivity index (χ4v) is 2.95. The second-order valence-corrected chi connectivity index (χ2v) is 5.60. The highest BCUT2D eigenvalue weighted by atomic mass is 14.2. The second-order valence-electron chi connectivity index (χ2n) is 5.60. The van der Waals surface area contributed by atoms with Gasteiger partial charge in [-0.05, 0) is 50.2 Å². The van der Waals surface area contributed by atoms with Gasteiger partial charge in [-0.3, -0.25) is 0 Å². The minimum atomic E-state index is -0.878. The number of rotatable bonds is 3. The molecule has 0 unspecified atom stereocenters. The van der Waals surface area contributed by atoms with E-state index in [1.807, 2.05) is 0 Å². The van der Waals surface area contributed by atoms with E-state index in [0.29, 0.717) is 0 Å². The van der Waals surface area contributed by atoms with Crippen LogP contribution in [0.3, 0.4) is 0 Å². The Morgan fingerprint density at radius 3 is 1.50 bits per heavy atom. The van der Waals surface area contributed by atoms with Crippen LogP contribution in [0.4, 0.5) is 0 Å². The summed E-state index contributed by atoms with van der Waals surface area (Å²) in [5.41, 5.74) is -3.58. The van der Waals surface area contributed by atoms with Crippen LogP contribution in [0.5, 0.6) is 0 Å². The van der Waals surface area contributed by atoms with E-state index in [-0.39, 0.29) is 5.39 Å². The molecule has 0 aliphatic carbocycles.